The summed E-state index contributed by atoms with van der Waals surface area (Å²) in [4.78, 5) is 46.3. The fourth-order valence-electron chi connectivity index (χ4n) is 1.73. The van der Waals surface area contributed by atoms with E-state index in [1.807, 2.05) is 0 Å². The smallest absolute Gasteiger partial charge is 0.325 e. The van der Waals surface area contributed by atoms with Gasteiger partial charge in [0.05, 0.1) is 13.2 Å². The van der Waals surface area contributed by atoms with E-state index in [4.69, 9.17) is 9.47 Å². The predicted molar refractivity (Wildman–Crippen MR) is 84.4 cm³/mol. The zero-order valence-electron chi connectivity index (χ0n) is 13.6. The van der Waals surface area contributed by atoms with Crippen LogP contribution >= 0.6 is 0 Å². The minimum atomic E-state index is -0.547. The third-order valence-corrected chi connectivity index (χ3v) is 2.78. The first-order chi connectivity index (χ1) is 11.5. The molecule has 0 bridgehead atoms. The van der Waals surface area contributed by atoms with Gasteiger partial charge in [0.1, 0.15) is 13.1 Å². The number of ether oxygens (including phenoxy) is 2. The molecule has 1 aromatic carbocycles. The maximum atomic E-state index is 12.0. The van der Waals surface area contributed by atoms with Crippen LogP contribution in [0.3, 0.4) is 0 Å². The van der Waals surface area contributed by atoms with Crippen molar-refractivity contribution >= 4 is 23.8 Å². The monoisotopic (exact) mass is 336 g/mol. The van der Waals surface area contributed by atoms with Crippen LogP contribution in [-0.2, 0) is 19.1 Å². The van der Waals surface area contributed by atoms with E-state index in [0.717, 1.165) is 0 Å². The van der Waals surface area contributed by atoms with Crippen molar-refractivity contribution in [2.45, 2.75) is 13.8 Å². The van der Waals surface area contributed by atoms with Gasteiger partial charge in [-0.05, 0) is 32.0 Å². The topological polar surface area (TPSA) is 111 Å². The van der Waals surface area contributed by atoms with Crippen LogP contribution in [0.2, 0.25) is 0 Å². The van der Waals surface area contributed by atoms with Crippen molar-refractivity contribution in [2.75, 3.05) is 26.3 Å². The second kappa shape index (κ2) is 9.98. The van der Waals surface area contributed by atoms with E-state index in [-0.39, 0.29) is 37.4 Å². The number of rotatable bonds is 8. The van der Waals surface area contributed by atoms with E-state index in [1.165, 1.54) is 24.3 Å². The Labute approximate surface area is 139 Å². The summed E-state index contributed by atoms with van der Waals surface area (Å²) < 4.78 is 9.41. The molecular weight excluding hydrogens is 316 g/mol. The Morgan fingerprint density at radius 3 is 1.62 bits per heavy atom. The van der Waals surface area contributed by atoms with Crippen LogP contribution in [0.4, 0.5) is 0 Å². The second-order valence-electron chi connectivity index (χ2n) is 4.56. The molecule has 0 spiro atoms. The van der Waals surface area contributed by atoms with Crippen molar-refractivity contribution in [1.29, 1.82) is 0 Å². The van der Waals surface area contributed by atoms with Gasteiger partial charge < -0.3 is 20.1 Å². The molecule has 2 N–H and O–H groups in total. The first-order valence-electron chi connectivity index (χ1n) is 7.45. The van der Waals surface area contributed by atoms with Gasteiger partial charge in [0.15, 0.2) is 0 Å². The zero-order valence-corrected chi connectivity index (χ0v) is 13.6. The summed E-state index contributed by atoms with van der Waals surface area (Å²) in [5, 5.41) is 4.79. The summed E-state index contributed by atoms with van der Waals surface area (Å²) in [5.74, 6) is -2.12. The summed E-state index contributed by atoms with van der Waals surface area (Å²) in [6.07, 6.45) is 0. The first-order valence-corrected chi connectivity index (χ1v) is 7.45. The molecule has 0 unspecified atom stereocenters. The maximum absolute atomic E-state index is 12.0. The van der Waals surface area contributed by atoms with Gasteiger partial charge in [-0.25, -0.2) is 0 Å². The molecule has 0 aliphatic rings. The van der Waals surface area contributed by atoms with Crippen molar-refractivity contribution in [3.8, 4) is 0 Å². The first kappa shape index (κ1) is 19.1. The molecule has 2 amide bonds. The third-order valence-electron chi connectivity index (χ3n) is 2.78. The quantitative estimate of drug-likeness (QED) is 0.659. The Kier molecular flexibility index (Phi) is 7.97. The number of carbonyl (C=O) groups excluding carboxylic acids is 4. The van der Waals surface area contributed by atoms with Crippen molar-refractivity contribution in [3.63, 3.8) is 0 Å². The van der Waals surface area contributed by atoms with E-state index >= 15 is 0 Å². The van der Waals surface area contributed by atoms with Crippen molar-refractivity contribution in [1.82, 2.24) is 10.6 Å². The third kappa shape index (κ3) is 6.47. The SMILES string of the molecule is CCOC(=O)CNC(=O)c1cccc(C(=O)NCC(=O)OCC)c1. The molecule has 8 nitrogen and oxygen atoms in total. The van der Waals surface area contributed by atoms with Gasteiger partial charge in [-0.2, -0.15) is 0 Å². The second-order valence-corrected chi connectivity index (χ2v) is 4.56. The molecule has 0 aliphatic heterocycles. The van der Waals surface area contributed by atoms with Gasteiger partial charge in [0.25, 0.3) is 11.8 Å². The number of nitrogens with one attached hydrogen (secondary N) is 2. The predicted octanol–water partition coefficient (Wildman–Crippen LogP) is 0.272. The molecule has 0 heterocycles. The van der Waals surface area contributed by atoms with Crippen molar-refractivity contribution < 1.29 is 28.7 Å². The minimum Gasteiger partial charge on any atom is -0.465 e. The number of benzene rings is 1. The molecule has 8 heteroatoms. The highest BCUT2D eigenvalue weighted by atomic mass is 16.5. The van der Waals surface area contributed by atoms with E-state index < -0.39 is 23.8 Å². The fourth-order valence-corrected chi connectivity index (χ4v) is 1.73. The maximum Gasteiger partial charge on any atom is 0.325 e. The summed E-state index contributed by atoms with van der Waals surface area (Å²) in [5.41, 5.74) is 0.422. The Morgan fingerprint density at radius 1 is 0.833 bits per heavy atom. The molecule has 0 saturated heterocycles. The molecule has 0 aliphatic carbocycles. The van der Waals surface area contributed by atoms with E-state index in [2.05, 4.69) is 10.6 Å². The van der Waals surface area contributed by atoms with Gasteiger partial charge in [-0.3, -0.25) is 19.2 Å². The van der Waals surface area contributed by atoms with Crippen LogP contribution in [0.15, 0.2) is 24.3 Å². The Morgan fingerprint density at radius 2 is 1.25 bits per heavy atom. The molecule has 0 fully saturated rings. The van der Waals surface area contributed by atoms with Crippen LogP contribution < -0.4 is 10.6 Å². The van der Waals surface area contributed by atoms with Crippen molar-refractivity contribution in [3.05, 3.63) is 35.4 Å². The Hall–Kier alpha value is -2.90. The van der Waals surface area contributed by atoms with Gasteiger partial charge in [-0.15, -0.1) is 0 Å². The molecule has 1 rings (SSSR count). The largest absolute Gasteiger partial charge is 0.465 e. The average molecular weight is 336 g/mol. The standard InChI is InChI=1S/C16H20N2O6/c1-3-23-13(19)9-17-15(21)11-6-5-7-12(8-11)16(22)18-10-14(20)24-4-2/h5-8H,3-4,9-10H2,1-2H3,(H,17,21)(H,18,22). The Bertz CT molecular complexity index is 565. The minimum absolute atomic E-state index is 0.211. The highest BCUT2D eigenvalue weighted by Crippen LogP contribution is 2.05. The lowest BCUT2D eigenvalue weighted by Gasteiger charge is -2.08. The molecule has 24 heavy (non-hydrogen) atoms. The average Bonchev–Trinajstić information content (AvgIpc) is 2.58. The van der Waals surface area contributed by atoms with Crippen LogP contribution in [0, 0.1) is 0 Å². The van der Waals surface area contributed by atoms with E-state index in [0.29, 0.717) is 0 Å². The number of esters is 2. The fraction of sp³-hybridized carbons (Fsp3) is 0.375. The highest BCUT2D eigenvalue weighted by Gasteiger charge is 2.13. The Balaban J connectivity index is 2.62. The van der Waals surface area contributed by atoms with Crippen LogP contribution in [0.1, 0.15) is 34.6 Å². The normalized spacial score (nSPS) is 9.75. The summed E-state index contributed by atoms with van der Waals surface area (Å²) >= 11 is 0. The number of carbonyl (C=O) groups is 4. The van der Waals surface area contributed by atoms with Crippen molar-refractivity contribution in [2.24, 2.45) is 0 Å². The lowest BCUT2D eigenvalue weighted by molar-refractivity contribution is -0.142. The molecule has 130 valence electrons. The number of hydrogen-bond acceptors (Lipinski definition) is 6. The summed E-state index contributed by atoms with van der Waals surface area (Å²) in [6, 6.07) is 5.89. The summed E-state index contributed by atoms with van der Waals surface area (Å²) in [7, 11) is 0. The van der Waals surface area contributed by atoms with Gasteiger partial charge >= 0.3 is 11.9 Å². The number of hydrogen-bond donors (Lipinski definition) is 2. The van der Waals surface area contributed by atoms with E-state index in [9.17, 15) is 19.2 Å². The van der Waals surface area contributed by atoms with Gasteiger partial charge in [0.2, 0.25) is 0 Å². The van der Waals surface area contributed by atoms with Crippen LogP contribution in [-0.4, -0.2) is 50.1 Å². The zero-order chi connectivity index (χ0) is 17.9. The van der Waals surface area contributed by atoms with Crippen LogP contribution in [0.5, 0.6) is 0 Å². The molecule has 0 radical (unpaired) electrons. The lowest BCUT2D eigenvalue weighted by Crippen LogP contribution is -2.32. The molecule has 0 saturated carbocycles. The van der Waals surface area contributed by atoms with Gasteiger partial charge in [0, 0.05) is 11.1 Å². The lowest BCUT2D eigenvalue weighted by atomic mass is 10.1. The molecule has 1 aromatic rings. The summed E-state index contributed by atoms with van der Waals surface area (Å²) in [6.45, 7) is 3.27. The van der Waals surface area contributed by atoms with Gasteiger partial charge in [-0.1, -0.05) is 6.07 Å². The highest BCUT2D eigenvalue weighted by molar-refractivity contribution is 6.01. The van der Waals surface area contributed by atoms with E-state index in [1.54, 1.807) is 13.8 Å². The number of amides is 2. The van der Waals surface area contributed by atoms with Crippen LogP contribution in [0.25, 0.3) is 0 Å². The molecule has 0 aromatic heterocycles. The molecule has 0 atom stereocenters. The molecular formula is C16H20N2O6.